The molecule has 0 aromatic heterocycles. The third kappa shape index (κ3) is 4.04. The molecule has 9 rings (SSSR count). The summed E-state index contributed by atoms with van der Waals surface area (Å²) in [6.07, 6.45) is 6.39. The van der Waals surface area contributed by atoms with Gasteiger partial charge < -0.3 is 5.32 Å². The highest BCUT2D eigenvalue weighted by Gasteiger charge is 2.38. The molecule has 0 fully saturated rings. The van der Waals surface area contributed by atoms with E-state index in [1.807, 2.05) is 0 Å². The summed E-state index contributed by atoms with van der Waals surface area (Å²) in [5.74, 6) is 0.942. The second kappa shape index (κ2) is 9.88. The lowest BCUT2D eigenvalue weighted by atomic mass is 9.81. The number of nitrogens with one attached hydrogen (secondary N) is 2. The molecule has 1 heterocycles. The summed E-state index contributed by atoms with van der Waals surface area (Å²) in [6, 6.07) is 38.6. The number of aliphatic imine (C=N–C) groups is 1. The molecule has 226 valence electrons. The normalized spacial score (nSPS) is 20.9. The van der Waals surface area contributed by atoms with Crippen LogP contribution in [0.15, 0.2) is 114 Å². The maximum atomic E-state index is 5.38. The Morgan fingerprint density at radius 3 is 1.93 bits per heavy atom. The van der Waals surface area contributed by atoms with Gasteiger partial charge >= 0.3 is 0 Å². The van der Waals surface area contributed by atoms with Crippen LogP contribution in [0.3, 0.4) is 0 Å². The average molecular weight is 598 g/mol. The van der Waals surface area contributed by atoms with Crippen LogP contribution in [0.2, 0.25) is 0 Å². The smallest absolute Gasteiger partial charge is 0.131 e. The van der Waals surface area contributed by atoms with Crippen LogP contribution >= 0.6 is 0 Å². The zero-order valence-electron chi connectivity index (χ0n) is 27.0. The monoisotopic (exact) mass is 597 g/mol. The van der Waals surface area contributed by atoms with Crippen molar-refractivity contribution in [2.45, 2.75) is 63.7 Å². The minimum Gasteiger partial charge on any atom is -0.350 e. The standard InChI is InChI=1S/C43H39N3/c1-42(2)35-15-9-7-13-31(35)33-21-19-29(24-37(33)42)40-44-39(28-18-17-26-11-5-6-12-27(26)23-28)45-41(46-40)30-20-22-34-32-14-8-10-16-36(32)43(3,4)38(34)25-30/h5,7-11,13-25,40-41,46H,6,12H2,1-4H3,(H,44,45). The van der Waals surface area contributed by atoms with Crippen molar-refractivity contribution in [3.8, 4) is 22.3 Å². The first kappa shape index (κ1) is 27.6. The van der Waals surface area contributed by atoms with Crippen LogP contribution in [0.5, 0.6) is 0 Å². The van der Waals surface area contributed by atoms with Crippen molar-refractivity contribution in [3.05, 3.63) is 159 Å². The summed E-state index contributed by atoms with van der Waals surface area (Å²) in [7, 11) is 0. The van der Waals surface area contributed by atoms with E-state index in [-0.39, 0.29) is 23.2 Å². The van der Waals surface area contributed by atoms with Gasteiger partial charge in [0.25, 0.3) is 0 Å². The predicted molar refractivity (Wildman–Crippen MR) is 190 cm³/mol. The zero-order valence-corrected chi connectivity index (χ0v) is 27.0. The van der Waals surface area contributed by atoms with Crippen molar-refractivity contribution in [3.63, 3.8) is 0 Å². The number of benzene rings is 5. The Hall–Kier alpha value is -4.73. The highest BCUT2D eigenvalue weighted by molar-refractivity contribution is 6.00. The van der Waals surface area contributed by atoms with E-state index in [0.717, 1.165) is 24.2 Å². The molecule has 0 spiro atoms. The van der Waals surface area contributed by atoms with Crippen molar-refractivity contribution < 1.29 is 0 Å². The molecule has 46 heavy (non-hydrogen) atoms. The molecular formula is C43H39N3. The molecule has 0 radical (unpaired) electrons. The van der Waals surface area contributed by atoms with Gasteiger partial charge in [0, 0.05) is 16.4 Å². The van der Waals surface area contributed by atoms with E-state index >= 15 is 0 Å². The van der Waals surface area contributed by atoms with Crippen molar-refractivity contribution in [2.24, 2.45) is 4.99 Å². The maximum absolute atomic E-state index is 5.38. The van der Waals surface area contributed by atoms with Crippen molar-refractivity contribution in [1.29, 1.82) is 0 Å². The predicted octanol–water partition coefficient (Wildman–Crippen LogP) is 9.60. The summed E-state index contributed by atoms with van der Waals surface area (Å²) >= 11 is 0. The third-order valence-electron chi connectivity index (χ3n) is 11.0. The number of amidine groups is 1. The fourth-order valence-electron chi connectivity index (χ4n) is 8.42. The van der Waals surface area contributed by atoms with Gasteiger partial charge in [-0.05, 0) is 85.7 Å². The number of fused-ring (bicyclic) bond motifs is 7. The molecule has 3 heteroatoms. The molecule has 2 unspecified atom stereocenters. The zero-order chi connectivity index (χ0) is 31.2. The molecule has 1 aliphatic heterocycles. The quantitative estimate of drug-likeness (QED) is 0.217. The number of nitrogens with zero attached hydrogens (tertiary/aromatic N) is 1. The highest BCUT2D eigenvalue weighted by atomic mass is 15.3. The lowest BCUT2D eigenvalue weighted by Gasteiger charge is -2.33. The van der Waals surface area contributed by atoms with E-state index in [1.165, 1.54) is 66.8 Å². The second-order valence-electron chi connectivity index (χ2n) is 14.4. The number of hydrogen-bond donors (Lipinski definition) is 2. The molecule has 3 aliphatic carbocycles. The average Bonchev–Trinajstić information content (AvgIpc) is 3.47. The number of aryl methyl sites for hydroxylation is 1. The molecule has 0 amide bonds. The number of allylic oxidation sites excluding steroid dienone is 1. The van der Waals surface area contributed by atoms with Crippen LogP contribution in [0.4, 0.5) is 0 Å². The summed E-state index contributed by atoms with van der Waals surface area (Å²) in [6.45, 7) is 9.40. The van der Waals surface area contributed by atoms with Gasteiger partial charge in [0.15, 0.2) is 0 Å². The van der Waals surface area contributed by atoms with E-state index in [1.54, 1.807) is 0 Å². The first-order valence-electron chi connectivity index (χ1n) is 16.7. The fourth-order valence-corrected chi connectivity index (χ4v) is 8.42. The van der Waals surface area contributed by atoms with Crippen LogP contribution in [0.1, 0.15) is 96.5 Å². The van der Waals surface area contributed by atoms with Crippen LogP contribution in [0, 0.1) is 0 Å². The largest absolute Gasteiger partial charge is 0.350 e. The molecule has 4 aliphatic rings. The van der Waals surface area contributed by atoms with Gasteiger partial charge in [-0.1, -0.05) is 137 Å². The van der Waals surface area contributed by atoms with Gasteiger partial charge in [-0.3, -0.25) is 5.32 Å². The van der Waals surface area contributed by atoms with Gasteiger partial charge in [0.2, 0.25) is 0 Å². The summed E-state index contributed by atoms with van der Waals surface area (Å²) < 4.78 is 0. The van der Waals surface area contributed by atoms with Gasteiger partial charge in [-0.15, -0.1) is 0 Å². The Morgan fingerprint density at radius 2 is 1.24 bits per heavy atom. The molecule has 0 saturated heterocycles. The van der Waals surface area contributed by atoms with Crippen molar-refractivity contribution in [1.82, 2.24) is 10.6 Å². The molecule has 0 saturated carbocycles. The van der Waals surface area contributed by atoms with Gasteiger partial charge in [0.05, 0.1) is 0 Å². The van der Waals surface area contributed by atoms with Crippen molar-refractivity contribution >= 4 is 11.9 Å². The lowest BCUT2D eigenvalue weighted by Crippen LogP contribution is -2.45. The molecule has 0 bridgehead atoms. The first-order chi connectivity index (χ1) is 22.3. The minimum absolute atomic E-state index is 0.0560. The molecule has 5 aromatic rings. The SMILES string of the molecule is CC1(C)c2ccccc2-c2ccc(C3N=C(c4ccc5c(c4)CCC=C5)NC(c4ccc5c(c4)C(C)(C)c4ccccc4-5)N3)cc21. The molecule has 2 atom stereocenters. The molecule has 2 N–H and O–H groups in total. The third-order valence-corrected chi connectivity index (χ3v) is 11.0. The molecular weight excluding hydrogens is 558 g/mol. The van der Waals surface area contributed by atoms with E-state index in [2.05, 4.69) is 154 Å². The van der Waals surface area contributed by atoms with E-state index in [9.17, 15) is 0 Å². The van der Waals surface area contributed by atoms with E-state index in [4.69, 9.17) is 4.99 Å². The lowest BCUT2D eigenvalue weighted by molar-refractivity contribution is 0.408. The van der Waals surface area contributed by atoms with E-state index in [0.29, 0.717) is 0 Å². The Bertz CT molecular complexity index is 2130. The number of hydrogen-bond acceptors (Lipinski definition) is 3. The van der Waals surface area contributed by atoms with Crippen LogP contribution < -0.4 is 10.6 Å². The van der Waals surface area contributed by atoms with Gasteiger partial charge in [0.1, 0.15) is 18.2 Å². The van der Waals surface area contributed by atoms with Crippen LogP contribution in [-0.4, -0.2) is 5.84 Å². The minimum atomic E-state index is -0.194. The summed E-state index contributed by atoms with van der Waals surface area (Å²) in [4.78, 5) is 5.38. The fraction of sp³-hybridized carbons (Fsp3) is 0.233. The maximum Gasteiger partial charge on any atom is 0.131 e. The van der Waals surface area contributed by atoms with Crippen LogP contribution in [0.25, 0.3) is 28.3 Å². The van der Waals surface area contributed by atoms with E-state index < -0.39 is 0 Å². The Labute approximate surface area is 272 Å². The topological polar surface area (TPSA) is 36.4 Å². The molecule has 3 nitrogen and oxygen atoms in total. The van der Waals surface area contributed by atoms with Gasteiger partial charge in [-0.2, -0.15) is 0 Å². The Balaban J connectivity index is 1.14. The van der Waals surface area contributed by atoms with Crippen molar-refractivity contribution in [2.75, 3.05) is 0 Å². The van der Waals surface area contributed by atoms with Crippen LogP contribution in [-0.2, 0) is 17.3 Å². The number of rotatable bonds is 3. The summed E-state index contributed by atoms with van der Waals surface area (Å²) in [5.41, 5.74) is 17.1. The first-order valence-corrected chi connectivity index (χ1v) is 16.7. The van der Waals surface area contributed by atoms with Gasteiger partial charge in [-0.25, -0.2) is 4.99 Å². The Kier molecular flexibility index (Phi) is 5.92. The summed E-state index contributed by atoms with van der Waals surface area (Å²) in [5, 5.41) is 7.75. The molecule has 5 aromatic carbocycles. The Morgan fingerprint density at radius 1 is 0.630 bits per heavy atom. The highest BCUT2D eigenvalue weighted by Crippen LogP contribution is 2.50. The second-order valence-corrected chi connectivity index (χ2v) is 14.4.